The van der Waals surface area contributed by atoms with E-state index < -0.39 is 62.4 Å². The Bertz CT molecular complexity index is 2020. The summed E-state index contributed by atoms with van der Waals surface area (Å²) in [4.78, 5) is 57.1. The van der Waals surface area contributed by atoms with Gasteiger partial charge in [0.25, 0.3) is 15.9 Å². The van der Waals surface area contributed by atoms with Crippen LogP contribution in [0.25, 0.3) is 10.8 Å². The van der Waals surface area contributed by atoms with Crippen LogP contribution < -0.4 is 25.2 Å². The molecule has 0 radical (unpaired) electrons. The number of primary amides is 1. The first-order valence-corrected chi connectivity index (χ1v) is 20.6. The van der Waals surface area contributed by atoms with Gasteiger partial charge in [-0.15, -0.1) is 0 Å². The maximum atomic E-state index is 14.6. The molecule has 2 aromatic rings. The normalized spacial score (nSPS) is 29.8. The van der Waals surface area contributed by atoms with Crippen molar-refractivity contribution in [3.8, 4) is 11.6 Å². The highest BCUT2D eigenvalue weighted by Gasteiger charge is 2.64. The van der Waals surface area contributed by atoms with Crippen molar-refractivity contribution in [3.05, 3.63) is 42.4 Å². The highest BCUT2D eigenvalue weighted by Crippen LogP contribution is 2.48. The van der Waals surface area contributed by atoms with Crippen LogP contribution in [0.15, 0.2) is 36.5 Å². The van der Waals surface area contributed by atoms with Gasteiger partial charge in [-0.3, -0.25) is 14.4 Å². The highest BCUT2D eigenvalue weighted by atomic mass is 32.2. The van der Waals surface area contributed by atoms with Gasteiger partial charge in [-0.2, -0.15) is 0 Å². The van der Waals surface area contributed by atoms with Crippen molar-refractivity contribution in [1.82, 2.24) is 19.9 Å². The lowest BCUT2D eigenvalue weighted by Gasteiger charge is -2.27. The van der Waals surface area contributed by atoms with Crippen LogP contribution >= 0.6 is 0 Å². The number of methoxy groups -OCH3 is 1. The van der Waals surface area contributed by atoms with Crippen LogP contribution in [0.1, 0.15) is 89.3 Å². The summed E-state index contributed by atoms with van der Waals surface area (Å²) in [6.07, 6.45) is 8.39. The monoisotopic (exact) mass is 809 g/mol. The van der Waals surface area contributed by atoms with E-state index in [2.05, 4.69) is 28.9 Å². The van der Waals surface area contributed by atoms with Crippen molar-refractivity contribution >= 4 is 44.6 Å². The summed E-state index contributed by atoms with van der Waals surface area (Å²) in [5.41, 5.74) is 3.40. The van der Waals surface area contributed by atoms with Gasteiger partial charge in [0.2, 0.25) is 22.7 Å². The van der Waals surface area contributed by atoms with Crippen LogP contribution in [-0.2, 0) is 29.1 Å². The summed E-state index contributed by atoms with van der Waals surface area (Å²) in [5, 5.41) is 1.19. The predicted molar refractivity (Wildman–Crippen MR) is 207 cm³/mol. The molecule has 1 aromatic carbocycles. The molecule has 4 N–H and O–H groups in total. The van der Waals surface area contributed by atoms with Gasteiger partial charge in [0.05, 0.1) is 31.8 Å². The molecule has 3 heterocycles. The minimum Gasteiger partial charge on any atom is -0.494 e. The Labute approximate surface area is 329 Å². The molecular formula is C39H57F2N5O9S. The van der Waals surface area contributed by atoms with E-state index >= 15 is 0 Å². The summed E-state index contributed by atoms with van der Waals surface area (Å²) in [5.74, 6) is -2.06. The minimum absolute atomic E-state index is 0. The van der Waals surface area contributed by atoms with Crippen LogP contribution in [-0.4, -0.2) is 85.1 Å². The number of rotatable bonds is 8. The Kier molecular flexibility index (Phi) is 11.6. The molecule has 4 amide bonds. The molecule has 1 saturated heterocycles. The van der Waals surface area contributed by atoms with Gasteiger partial charge < -0.3 is 30.2 Å². The summed E-state index contributed by atoms with van der Waals surface area (Å²) in [6.45, 7) is 6.71. The molecular weight excluding hydrogens is 753 g/mol. The third kappa shape index (κ3) is 9.18. The number of halogens is 2. The van der Waals surface area contributed by atoms with Crippen molar-refractivity contribution in [3.63, 3.8) is 0 Å². The van der Waals surface area contributed by atoms with Gasteiger partial charge in [-0.1, -0.05) is 32.9 Å². The molecule has 2 aliphatic heterocycles. The Morgan fingerprint density at radius 3 is 2.52 bits per heavy atom. The van der Waals surface area contributed by atoms with Gasteiger partial charge in [-0.25, -0.2) is 31.7 Å². The molecule has 312 valence electrons. The average Bonchev–Trinajstić information content (AvgIpc) is 4.09. The van der Waals surface area contributed by atoms with Crippen molar-refractivity contribution < 1.29 is 54.9 Å². The summed E-state index contributed by atoms with van der Waals surface area (Å²) < 4.78 is 72.2. The third-order valence-electron chi connectivity index (χ3n) is 11.5. The Morgan fingerprint density at radius 1 is 1.12 bits per heavy atom. The maximum Gasteiger partial charge on any atom is 0.404 e. The number of hydrogen-bond acceptors (Lipinski definition) is 10. The largest absolute Gasteiger partial charge is 0.494 e. The van der Waals surface area contributed by atoms with Crippen LogP contribution in [0.4, 0.5) is 13.6 Å². The molecule has 1 aromatic heterocycles. The number of nitrogens with two attached hydrogens (primary N) is 1. The Balaban J connectivity index is 0.000000688. The van der Waals surface area contributed by atoms with Crippen molar-refractivity contribution in [2.75, 3.05) is 20.3 Å². The molecule has 0 unspecified atom stereocenters. The number of fused-ring (bicyclic) bond motifs is 3. The van der Waals surface area contributed by atoms with E-state index in [0.29, 0.717) is 35.5 Å². The first kappa shape index (κ1) is 41.1. The number of benzene rings is 1. The van der Waals surface area contributed by atoms with Gasteiger partial charge in [-0.05, 0) is 68.6 Å². The number of pyridine rings is 1. The summed E-state index contributed by atoms with van der Waals surface area (Å²) in [6, 6.07) is 3.07. The molecule has 3 aliphatic carbocycles. The number of sulfonamides is 1. The first-order valence-electron chi connectivity index (χ1n) is 19.1. The Morgan fingerprint density at radius 2 is 1.86 bits per heavy atom. The zero-order valence-electron chi connectivity index (χ0n) is 32.1. The number of carbonyl (C=O) groups is 4. The van der Waals surface area contributed by atoms with Crippen LogP contribution in [0, 0.1) is 29.0 Å². The van der Waals surface area contributed by atoms with Gasteiger partial charge in [0.15, 0.2) is 0 Å². The summed E-state index contributed by atoms with van der Waals surface area (Å²) in [7, 11) is -3.14. The second-order valence-electron chi connectivity index (χ2n) is 16.5. The third-order valence-corrected chi connectivity index (χ3v) is 13.3. The van der Waals surface area contributed by atoms with Crippen molar-refractivity contribution in [2.24, 2.45) is 28.9 Å². The lowest BCUT2D eigenvalue weighted by atomic mass is 9.91. The zero-order valence-corrected chi connectivity index (χ0v) is 33.0. The van der Waals surface area contributed by atoms with E-state index in [-0.39, 0.29) is 66.0 Å². The molecule has 5 aliphatic rings. The molecule has 4 fully saturated rings. The maximum absolute atomic E-state index is 14.6. The molecule has 0 bridgehead atoms. The number of amides is 4. The topological polar surface area (TPSA) is 196 Å². The fourth-order valence-electron chi connectivity index (χ4n) is 7.49. The summed E-state index contributed by atoms with van der Waals surface area (Å²) >= 11 is 0. The van der Waals surface area contributed by atoms with Crippen molar-refractivity contribution in [2.45, 2.75) is 108 Å². The second-order valence-corrected chi connectivity index (χ2v) is 18.5. The number of hydrogen-bond donors (Lipinski definition) is 3. The lowest BCUT2D eigenvalue weighted by molar-refractivity contribution is -0.140. The number of aromatic nitrogens is 1. The molecule has 0 spiro atoms. The Hall–Kier alpha value is -4.54. The quantitative estimate of drug-likeness (QED) is 0.285. The second kappa shape index (κ2) is 15.8. The van der Waals surface area contributed by atoms with E-state index in [1.807, 2.05) is 17.7 Å². The van der Waals surface area contributed by atoms with Crippen LogP contribution in [0.3, 0.4) is 0 Å². The van der Waals surface area contributed by atoms with E-state index in [1.54, 1.807) is 12.1 Å². The minimum atomic E-state index is -4.61. The van der Waals surface area contributed by atoms with E-state index in [1.165, 1.54) is 30.3 Å². The van der Waals surface area contributed by atoms with E-state index in [9.17, 15) is 36.4 Å². The zero-order chi connectivity index (χ0) is 40.6. The van der Waals surface area contributed by atoms with Crippen molar-refractivity contribution in [1.29, 1.82) is 0 Å². The average molecular weight is 810 g/mol. The standard InChI is InChI=1S/C33H40F2N4O7S.C6H11NO2.3H2/c1-19-6-4-5-7-21-16-33(21,31(42)38-47(43,44)32(35)10-11-32)37-29(41)26-15-23(18-39(26)28(40)13-20(2)12-19)46-30-25-14-22(34)8-9-24(25)27(45-3)17-36-30;1-6(2-3-6)4-9-5(7)8;;;/h5,7-9,14,17,19-21,23,26H,4,6,10-13,15-16,18H2,1-3H3,(H,37,41)(H,38,42);2-4H2,1H3,(H2,7,8);3*1H/b7-5-;;;;/t19-,20-,21-,23-,26+,33-;;;;/m1..../s1. The van der Waals surface area contributed by atoms with Crippen LogP contribution in [0.2, 0.25) is 0 Å². The first-order chi connectivity index (χ1) is 26.4. The number of ether oxygens (including phenoxy) is 3. The number of nitrogens with one attached hydrogen (secondary N) is 2. The fourth-order valence-corrected chi connectivity index (χ4v) is 8.74. The van der Waals surface area contributed by atoms with E-state index in [0.717, 1.165) is 25.7 Å². The molecule has 56 heavy (non-hydrogen) atoms. The fraction of sp³-hybridized carbons (Fsp3) is 0.615. The van der Waals surface area contributed by atoms with E-state index in [4.69, 9.17) is 15.2 Å². The van der Waals surface area contributed by atoms with Gasteiger partial charge >= 0.3 is 6.09 Å². The molecule has 7 rings (SSSR count). The number of carbonyl (C=O) groups excluding carboxylic acids is 4. The molecule has 6 atom stereocenters. The highest BCUT2D eigenvalue weighted by molar-refractivity contribution is 7.91. The molecule has 17 heteroatoms. The molecule has 3 saturated carbocycles. The number of alkyl halides is 1. The number of nitrogens with zero attached hydrogens (tertiary/aromatic N) is 2. The smallest absolute Gasteiger partial charge is 0.404 e. The SMILES string of the molecule is CC1(COC(N)=O)CC1.COc1cnc(O[C@@H]2C[C@H]3C(=O)N[C@]4(C(=O)NS(=O)(=O)C5(F)CC5)C[C@H]4/C=C\CC[C@@H](C)C[C@@H](C)CC(=O)N3C2)c2cc(F)ccc12.[HH].[HH].[HH]. The van der Waals surface area contributed by atoms with Gasteiger partial charge in [0.1, 0.15) is 29.3 Å². The van der Waals surface area contributed by atoms with Gasteiger partial charge in [0, 0.05) is 46.7 Å². The number of allylic oxidation sites excluding steroid dienone is 1. The van der Waals surface area contributed by atoms with Crippen LogP contribution in [0.5, 0.6) is 11.6 Å². The predicted octanol–water partition coefficient (Wildman–Crippen LogP) is 5.53. The molecule has 14 nitrogen and oxygen atoms in total. The lowest BCUT2D eigenvalue weighted by Crippen LogP contribution is -2.57.